The summed E-state index contributed by atoms with van der Waals surface area (Å²) in [5.41, 5.74) is 7.58. The van der Waals surface area contributed by atoms with E-state index < -0.39 is 0 Å². The molecule has 1 aromatic carbocycles. The van der Waals surface area contributed by atoms with E-state index in [2.05, 4.69) is 24.1 Å². The molecule has 0 aliphatic rings. The lowest BCUT2D eigenvalue weighted by atomic mass is 10.1. The number of aromatic nitrogens is 1. The molecule has 106 valence electrons. The number of methoxy groups -OCH3 is 1. The van der Waals surface area contributed by atoms with Crippen molar-refractivity contribution in [2.45, 2.75) is 19.8 Å². The molecule has 0 atom stereocenters. The Bertz CT molecular complexity index is 623. The Morgan fingerprint density at radius 3 is 2.80 bits per heavy atom. The lowest BCUT2D eigenvalue weighted by Crippen LogP contribution is -2.13. The van der Waals surface area contributed by atoms with Crippen LogP contribution >= 0.6 is 11.3 Å². The lowest BCUT2D eigenvalue weighted by Gasteiger charge is -2.08. The maximum Gasteiger partial charge on any atom is 0.261 e. The average Bonchev–Trinajstić information content (AvgIpc) is 2.87. The van der Waals surface area contributed by atoms with Crippen LogP contribution in [0.2, 0.25) is 0 Å². The van der Waals surface area contributed by atoms with Gasteiger partial charge in [0.15, 0.2) is 5.13 Å². The molecule has 6 heteroatoms. The summed E-state index contributed by atoms with van der Waals surface area (Å²) in [6.45, 7) is 4.11. The summed E-state index contributed by atoms with van der Waals surface area (Å²) in [6, 6.07) is 4.95. The number of hydrogen-bond acceptors (Lipinski definition) is 5. The standard InChI is InChI=1S/C14H17N3O2S/c1-8(2)11-7-20-14(16-11)17-13(18)10-6-9(15)4-5-12(10)19-3/h4-8H,15H2,1-3H3,(H,16,17,18). The minimum Gasteiger partial charge on any atom is -0.496 e. The van der Waals surface area contributed by atoms with Crippen molar-refractivity contribution in [2.24, 2.45) is 0 Å². The first-order valence-corrected chi connectivity index (χ1v) is 7.09. The Balaban J connectivity index is 2.21. The number of nitrogens with two attached hydrogens (primary N) is 1. The third-order valence-electron chi connectivity index (χ3n) is 2.80. The number of nitrogen functional groups attached to an aromatic ring is 1. The van der Waals surface area contributed by atoms with Gasteiger partial charge in [0.25, 0.3) is 5.91 Å². The smallest absolute Gasteiger partial charge is 0.261 e. The van der Waals surface area contributed by atoms with Gasteiger partial charge in [-0.15, -0.1) is 11.3 Å². The van der Waals surface area contributed by atoms with Gasteiger partial charge in [0.1, 0.15) is 5.75 Å². The van der Waals surface area contributed by atoms with Crippen LogP contribution in [0.1, 0.15) is 35.8 Å². The molecule has 1 heterocycles. The summed E-state index contributed by atoms with van der Waals surface area (Å²) in [5.74, 6) is 0.537. The second-order valence-corrected chi connectivity index (χ2v) is 5.50. The van der Waals surface area contributed by atoms with Crippen LogP contribution in [-0.4, -0.2) is 18.0 Å². The predicted molar refractivity (Wildman–Crippen MR) is 81.6 cm³/mol. The molecular weight excluding hydrogens is 274 g/mol. The van der Waals surface area contributed by atoms with Crippen LogP contribution in [0.5, 0.6) is 5.75 Å². The van der Waals surface area contributed by atoms with Gasteiger partial charge in [-0.2, -0.15) is 0 Å². The molecule has 0 spiro atoms. The summed E-state index contributed by atoms with van der Waals surface area (Å²) in [5, 5.41) is 5.28. The fourth-order valence-corrected chi connectivity index (χ4v) is 2.54. The van der Waals surface area contributed by atoms with E-state index in [9.17, 15) is 4.79 Å². The van der Waals surface area contributed by atoms with Gasteiger partial charge in [0.05, 0.1) is 18.4 Å². The molecule has 0 bridgehead atoms. The maximum atomic E-state index is 12.2. The summed E-state index contributed by atoms with van der Waals surface area (Å²) >= 11 is 1.40. The van der Waals surface area contributed by atoms with Gasteiger partial charge in [0.2, 0.25) is 0 Å². The fraction of sp³-hybridized carbons (Fsp3) is 0.286. The van der Waals surface area contributed by atoms with E-state index in [-0.39, 0.29) is 5.91 Å². The number of benzene rings is 1. The number of carbonyl (C=O) groups excluding carboxylic acids is 1. The highest BCUT2D eigenvalue weighted by Crippen LogP contribution is 2.25. The number of ether oxygens (including phenoxy) is 1. The Hall–Kier alpha value is -2.08. The van der Waals surface area contributed by atoms with Crippen molar-refractivity contribution in [1.29, 1.82) is 0 Å². The number of thiazole rings is 1. The molecule has 5 nitrogen and oxygen atoms in total. The van der Waals surface area contributed by atoms with Crippen molar-refractivity contribution in [2.75, 3.05) is 18.2 Å². The quantitative estimate of drug-likeness (QED) is 0.848. The second-order valence-electron chi connectivity index (χ2n) is 4.65. The van der Waals surface area contributed by atoms with Crippen LogP contribution in [-0.2, 0) is 0 Å². The van der Waals surface area contributed by atoms with Crippen LogP contribution in [0.3, 0.4) is 0 Å². The van der Waals surface area contributed by atoms with Crippen molar-refractivity contribution in [3.05, 3.63) is 34.8 Å². The predicted octanol–water partition coefficient (Wildman–Crippen LogP) is 3.11. The molecule has 0 aliphatic carbocycles. The molecule has 0 saturated heterocycles. The Labute approximate surface area is 121 Å². The Kier molecular flexibility index (Phi) is 4.24. The van der Waals surface area contributed by atoms with E-state index >= 15 is 0 Å². The maximum absolute atomic E-state index is 12.2. The zero-order valence-corrected chi connectivity index (χ0v) is 12.5. The number of anilines is 2. The van der Waals surface area contributed by atoms with E-state index in [0.717, 1.165) is 5.69 Å². The molecule has 3 N–H and O–H groups in total. The highest BCUT2D eigenvalue weighted by atomic mass is 32.1. The molecule has 0 unspecified atom stereocenters. The molecule has 0 fully saturated rings. The molecule has 20 heavy (non-hydrogen) atoms. The zero-order valence-electron chi connectivity index (χ0n) is 11.6. The molecule has 1 amide bonds. The Morgan fingerprint density at radius 2 is 2.20 bits per heavy atom. The average molecular weight is 291 g/mol. The topological polar surface area (TPSA) is 77.2 Å². The number of rotatable bonds is 4. The van der Waals surface area contributed by atoms with Crippen LogP contribution in [0.25, 0.3) is 0 Å². The number of hydrogen-bond donors (Lipinski definition) is 2. The summed E-state index contributed by atoms with van der Waals surface area (Å²) in [6.07, 6.45) is 0. The van der Waals surface area contributed by atoms with Gasteiger partial charge in [-0.05, 0) is 24.1 Å². The van der Waals surface area contributed by atoms with Crippen LogP contribution < -0.4 is 15.8 Å². The zero-order chi connectivity index (χ0) is 14.7. The normalized spacial score (nSPS) is 10.6. The van der Waals surface area contributed by atoms with Gasteiger partial charge in [-0.3, -0.25) is 10.1 Å². The molecule has 2 aromatic rings. The van der Waals surface area contributed by atoms with Crippen molar-refractivity contribution in [1.82, 2.24) is 4.98 Å². The lowest BCUT2D eigenvalue weighted by molar-refractivity contribution is 0.102. The molecule has 0 saturated carbocycles. The van der Waals surface area contributed by atoms with Crippen molar-refractivity contribution in [3.8, 4) is 5.75 Å². The molecule has 1 aromatic heterocycles. The summed E-state index contributed by atoms with van der Waals surface area (Å²) < 4.78 is 5.17. The van der Waals surface area contributed by atoms with E-state index in [4.69, 9.17) is 10.5 Å². The fourth-order valence-electron chi connectivity index (χ4n) is 1.68. The van der Waals surface area contributed by atoms with E-state index in [1.54, 1.807) is 18.2 Å². The highest BCUT2D eigenvalue weighted by molar-refractivity contribution is 7.14. The summed E-state index contributed by atoms with van der Waals surface area (Å²) in [4.78, 5) is 16.6. The molecule has 0 radical (unpaired) electrons. The first-order valence-electron chi connectivity index (χ1n) is 6.21. The number of amides is 1. The van der Waals surface area contributed by atoms with Gasteiger partial charge in [-0.25, -0.2) is 4.98 Å². The number of carbonyl (C=O) groups is 1. The van der Waals surface area contributed by atoms with E-state index in [1.807, 2.05) is 5.38 Å². The van der Waals surface area contributed by atoms with Crippen LogP contribution in [0.15, 0.2) is 23.6 Å². The van der Waals surface area contributed by atoms with Gasteiger partial charge in [-0.1, -0.05) is 13.8 Å². The first-order chi connectivity index (χ1) is 9.51. The first kappa shape index (κ1) is 14.3. The van der Waals surface area contributed by atoms with Crippen LogP contribution in [0.4, 0.5) is 10.8 Å². The van der Waals surface area contributed by atoms with Crippen molar-refractivity contribution in [3.63, 3.8) is 0 Å². The summed E-state index contributed by atoms with van der Waals surface area (Å²) in [7, 11) is 1.52. The van der Waals surface area contributed by atoms with Gasteiger partial charge in [0, 0.05) is 11.1 Å². The molecular formula is C14H17N3O2S. The minimum atomic E-state index is -0.279. The van der Waals surface area contributed by atoms with Gasteiger partial charge >= 0.3 is 0 Å². The molecule has 0 aliphatic heterocycles. The van der Waals surface area contributed by atoms with Crippen LogP contribution in [0, 0.1) is 0 Å². The Morgan fingerprint density at radius 1 is 1.45 bits per heavy atom. The van der Waals surface area contributed by atoms with E-state index in [0.29, 0.717) is 28.0 Å². The van der Waals surface area contributed by atoms with Crippen molar-refractivity contribution >= 4 is 28.1 Å². The number of nitrogens with zero attached hydrogens (tertiary/aromatic N) is 1. The highest BCUT2D eigenvalue weighted by Gasteiger charge is 2.15. The molecule has 2 rings (SSSR count). The third-order valence-corrected chi connectivity index (χ3v) is 3.58. The largest absolute Gasteiger partial charge is 0.496 e. The third kappa shape index (κ3) is 3.08. The number of nitrogens with one attached hydrogen (secondary N) is 1. The van der Waals surface area contributed by atoms with E-state index in [1.165, 1.54) is 18.4 Å². The SMILES string of the molecule is COc1ccc(N)cc1C(=O)Nc1nc(C(C)C)cs1. The minimum absolute atomic E-state index is 0.279. The van der Waals surface area contributed by atoms with Crippen molar-refractivity contribution < 1.29 is 9.53 Å². The monoisotopic (exact) mass is 291 g/mol. The van der Waals surface area contributed by atoms with Gasteiger partial charge < -0.3 is 10.5 Å². The second kappa shape index (κ2) is 5.92.